The summed E-state index contributed by atoms with van der Waals surface area (Å²) in [6.07, 6.45) is -0.446. The van der Waals surface area contributed by atoms with Crippen LogP contribution < -0.4 is 5.32 Å². The number of fused-ring (bicyclic) bond motifs is 2. The van der Waals surface area contributed by atoms with Crippen molar-refractivity contribution in [3.05, 3.63) is 29.8 Å². The van der Waals surface area contributed by atoms with Crippen LogP contribution in [0, 0.1) is 0 Å². The van der Waals surface area contributed by atoms with E-state index < -0.39 is 29.1 Å². The zero-order valence-corrected chi connectivity index (χ0v) is 15.5. The number of carbonyl (C=O) groups is 3. The standard InChI is InChI=1S/C19H24N2O5/c1-5-25-15(22)14-10-19(11-21(14)17(24)26-18(2,3)4)12-8-6-7-9-13(12)20-16(19)23/h6-9,14H,5,10-11H2,1-4H3,(H,20,23)/t14-,19-/m0/s1. The number of nitrogens with one attached hydrogen (secondary N) is 1. The molecule has 0 radical (unpaired) electrons. The second-order valence-corrected chi connectivity index (χ2v) is 7.66. The minimum Gasteiger partial charge on any atom is -0.464 e. The number of likely N-dealkylation sites (tertiary alicyclic amines) is 1. The Hall–Kier alpha value is -2.57. The van der Waals surface area contributed by atoms with Crippen LogP contribution in [0.5, 0.6) is 0 Å². The van der Waals surface area contributed by atoms with Gasteiger partial charge in [-0.25, -0.2) is 9.59 Å². The highest BCUT2D eigenvalue weighted by Gasteiger charge is 2.58. The first-order valence-corrected chi connectivity index (χ1v) is 8.75. The number of para-hydroxylation sites is 1. The van der Waals surface area contributed by atoms with Crippen LogP contribution in [0.4, 0.5) is 10.5 Å². The van der Waals surface area contributed by atoms with Gasteiger partial charge >= 0.3 is 12.1 Å². The average molecular weight is 360 g/mol. The molecule has 1 spiro atoms. The van der Waals surface area contributed by atoms with Gasteiger partial charge in [0.1, 0.15) is 11.6 Å². The average Bonchev–Trinajstić information content (AvgIpc) is 3.07. The van der Waals surface area contributed by atoms with Crippen LogP contribution in [0.15, 0.2) is 24.3 Å². The molecule has 140 valence electrons. The zero-order chi connectivity index (χ0) is 19.1. The lowest BCUT2D eigenvalue weighted by Crippen LogP contribution is -2.45. The Labute approximate surface area is 152 Å². The van der Waals surface area contributed by atoms with E-state index in [4.69, 9.17) is 9.47 Å². The van der Waals surface area contributed by atoms with Crippen molar-refractivity contribution in [2.45, 2.75) is 51.2 Å². The van der Waals surface area contributed by atoms with E-state index in [2.05, 4.69) is 5.32 Å². The molecule has 7 nitrogen and oxygen atoms in total. The van der Waals surface area contributed by atoms with Gasteiger partial charge in [-0.2, -0.15) is 0 Å². The minimum atomic E-state index is -0.967. The molecule has 2 heterocycles. The second kappa shape index (κ2) is 6.30. The van der Waals surface area contributed by atoms with E-state index in [-0.39, 0.29) is 25.5 Å². The summed E-state index contributed by atoms with van der Waals surface area (Å²) in [6, 6.07) is 6.49. The largest absolute Gasteiger partial charge is 0.464 e. The van der Waals surface area contributed by atoms with Gasteiger partial charge in [-0.3, -0.25) is 9.69 Å². The van der Waals surface area contributed by atoms with Crippen molar-refractivity contribution in [1.29, 1.82) is 0 Å². The number of anilines is 1. The number of rotatable bonds is 2. The number of hydrogen-bond acceptors (Lipinski definition) is 5. The van der Waals surface area contributed by atoms with Crippen LogP contribution in [-0.4, -0.2) is 47.7 Å². The molecular formula is C19H24N2O5. The molecule has 3 rings (SSSR count). The molecule has 1 aromatic carbocycles. The van der Waals surface area contributed by atoms with Crippen LogP contribution >= 0.6 is 0 Å². The third kappa shape index (κ3) is 3.02. The van der Waals surface area contributed by atoms with Crippen molar-refractivity contribution in [1.82, 2.24) is 4.90 Å². The molecule has 1 N–H and O–H groups in total. The molecule has 1 fully saturated rings. The summed E-state index contributed by atoms with van der Waals surface area (Å²) in [5.41, 5.74) is -0.163. The fourth-order valence-corrected chi connectivity index (χ4v) is 3.60. The zero-order valence-electron chi connectivity index (χ0n) is 15.5. The maximum Gasteiger partial charge on any atom is 0.411 e. The summed E-state index contributed by atoms with van der Waals surface area (Å²) in [5.74, 6) is -0.730. The first kappa shape index (κ1) is 18.2. The van der Waals surface area contributed by atoms with Crippen LogP contribution in [0.3, 0.4) is 0 Å². The number of amides is 2. The summed E-state index contributed by atoms with van der Waals surface area (Å²) >= 11 is 0. The Morgan fingerprint density at radius 3 is 2.65 bits per heavy atom. The van der Waals surface area contributed by atoms with Crippen molar-refractivity contribution >= 4 is 23.7 Å². The van der Waals surface area contributed by atoms with Crippen molar-refractivity contribution in [3.63, 3.8) is 0 Å². The van der Waals surface area contributed by atoms with E-state index in [0.29, 0.717) is 5.69 Å². The molecule has 7 heteroatoms. The highest BCUT2D eigenvalue weighted by Crippen LogP contribution is 2.46. The summed E-state index contributed by atoms with van der Waals surface area (Å²) < 4.78 is 10.6. The topological polar surface area (TPSA) is 84.9 Å². The first-order valence-electron chi connectivity index (χ1n) is 8.75. The second-order valence-electron chi connectivity index (χ2n) is 7.66. The van der Waals surface area contributed by atoms with E-state index in [1.807, 2.05) is 24.3 Å². The monoisotopic (exact) mass is 360 g/mol. The molecule has 0 aliphatic carbocycles. The fraction of sp³-hybridized carbons (Fsp3) is 0.526. The Bertz CT molecular complexity index is 755. The van der Waals surface area contributed by atoms with Crippen molar-refractivity contribution in [2.24, 2.45) is 0 Å². The van der Waals surface area contributed by atoms with Crippen molar-refractivity contribution in [3.8, 4) is 0 Å². The number of esters is 1. The van der Waals surface area contributed by atoms with Gasteiger partial charge in [-0.15, -0.1) is 0 Å². The van der Waals surface area contributed by atoms with Crippen molar-refractivity contribution < 1.29 is 23.9 Å². The first-order chi connectivity index (χ1) is 12.2. The predicted octanol–water partition coefficient (Wildman–Crippen LogP) is 2.45. The van der Waals surface area contributed by atoms with Gasteiger partial charge in [0.05, 0.1) is 12.0 Å². The molecule has 26 heavy (non-hydrogen) atoms. The van der Waals surface area contributed by atoms with Crippen molar-refractivity contribution in [2.75, 3.05) is 18.5 Å². The summed E-state index contributed by atoms with van der Waals surface area (Å²) in [7, 11) is 0. The van der Waals surface area contributed by atoms with Gasteiger partial charge in [-0.1, -0.05) is 18.2 Å². The van der Waals surface area contributed by atoms with Crippen LogP contribution in [0.25, 0.3) is 0 Å². The van der Waals surface area contributed by atoms with Gasteiger partial charge in [0.2, 0.25) is 5.91 Å². The smallest absolute Gasteiger partial charge is 0.411 e. The third-order valence-electron chi connectivity index (χ3n) is 4.67. The van der Waals surface area contributed by atoms with E-state index in [1.54, 1.807) is 27.7 Å². The normalized spacial score (nSPS) is 24.4. The maximum absolute atomic E-state index is 12.8. The quantitative estimate of drug-likeness (QED) is 0.819. The van der Waals surface area contributed by atoms with Crippen LogP contribution in [0.2, 0.25) is 0 Å². The molecule has 2 amide bonds. The van der Waals surface area contributed by atoms with Gasteiger partial charge in [0, 0.05) is 12.2 Å². The molecule has 1 saturated heterocycles. The van der Waals surface area contributed by atoms with Gasteiger partial charge in [-0.05, 0) is 45.7 Å². The summed E-state index contributed by atoms with van der Waals surface area (Å²) in [6.45, 7) is 7.26. The Morgan fingerprint density at radius 2 is 2.00 bits per heavy atom. The Kier molecular flexibility index (Phi) is 4.42. The summed E-state index contributed by atoms with van der Waals surface area (Å²) in [4.78, 5) is 39.3. The number of benzene rings is 1. The van der Waals surface area contributed by atoms with E-state index >= 15 is 0 Å². The Balaban J connectivity index is 1.98. The highest BCUT2D eigenvalue weighted by atomic mass is 16.6. The summed E-state index contributed by atoms with van der Waals surface area (Å²) in [5, 5.41) is 2.86. The molecule has 0 unspecified atom stereocenters. The lowest BCUT2D eigenvalue weighted by atomic mass is 9.79. The lowest BCUT2D eigenvalue weighted by molar-refractivity contribution is -0.148. The molecule has 2 atom stereocenters. The van der Waals surface area contributed by atoms with Gasteiger partial charge in [0.25, 0.3) is 0 Å². The fourth-order valence-electron chi connectivity index (χ4n) is 3.60. The van der Waals surface area contributed by atoms with Gasteiger partial charge in [0.15, 0.2) is 0 Å². The molecule has 1 aromatic rings. The molecule has 0 saturated carbocycles. The minimum absolute atomic E-state index is 0.0776. The van der Waals surface area contributed by atoms with Gasteiger partial charge < -0.3 is 14.8 Å². The van der Waals surface area contributed by atoms with E-state index in [9.17, 15) is 14.4 Å². The third-order valence-corrected chi connectivity index (χ3v) is 4.67. The van der Waals surface area contributed by atoms with Crippen LogP contribution in [-0.2, 0) is 24.5 Å². The maximum atomic E-state index is 12.8. The number of nitrogens with zero attached hydrogens (tertiary/aromatic N) is 1. The molecule has 2 aliphatic heterocycles. The lowest BCUT2D eigenvalue weighted by Gasteiger charge is -2.28. The molecule has 2 aliphatic rings. The molecule has 0 bridgehead atoms. The van der Waals surface area contributed by atoms with E-state index in [1.165, 1.54) is 4.90 Å². The predicted molar refractivity (Wildman–Crippen MR) is 94.7 cm³/mol. The van der Waals surface area contributed by atoms with E-state index in [0.717, 1.165) is 5.56 Å². The highest BCUT2D eigenvalue weighted by molar-refractivity contribution is 6.07. The number of hydrogen-bond donors (Lipinski definition) is 1. The number of carbonyl (C=O) groups excluding carboxylic acids is 3. The molecule has 0 aromatic heterocycles. The molecular weight excluding hydrogens is 336 g/mol. The van der Waals surface area contributed by atoms with Crippen LogP contribution in [0.1, 0.15) is 39.7 Å². The SMILES string of the molecule is CCOC(=O)[C@@H]1C[C@@]2(CN1C(=O)OC(C)(C)C)C(=O)Nc1ccccc12. The number of ether oxygens (including phenoxy) is 2. The Morgan fingerprint density at radius 1 is 1.31 bits per heavy atom.